The van der Waals surface area contributed by atoms with Gasteiger partial charge in [-0.15, -0.1) is 0 Å². The summed E-state index contributed by atoms with van der Waals surface area (Å²) >= 11 is 0. The first-order valence-electron chi connectivity index (χ1n) is 8.29. The van der Waals surface area contributed by atoms with Gasteiger partial charge in [0.2, 0.25) is 0 Å². The summed E-state index contributed by atoms with van der Waals surface area (Å²) < 4.78 is 1.62. The summed E-state index contributed by atoms with van der Waals surface area (Å²) in [5, 5.41) is 2.81. The third-order valence-electron chi connectivity index (χ3n) is 3.94. The van der Waals surface area contributed by atoms with Crippen LogP contribution in [-0.4, -0.2) is 52.5 Å². The number of aromatic nitrogens is 3. The average molecular weight is 343 g/mol. The van der Waals surface area contributed by atoms with E-state index >= 15 is 0 Å². The third-order valence-corrected chi connectivity index (χ3v) is 3.94. The molecule has 2 heterocycles. The van der Waals surface area contributed by atoms with Crippen molar-refractivity contribution in [2.45, 2.75) is 26.3 Å². The summed E-state index contributed by atoms with van der Waals surface area (Å²) in [6, 6.07) is 1.79. The van der Waals surface area contributed by atoms with Gasteiger partial charge in [0.25, 0.3) is 11.5 Å². The van der Waals surface area contributed by atoms with Gasteiger partial charge in [-0.2, -0.15) is 0 Å². The highest BCUT2D eigenvalue weighted by Crippen LogP contribution is 2.08. The largest absolute Gasteiger partial charge is 0.351 e. The summed E-state index contributed by atoms with van der Waals surface area (Å²) in [4.78, 5) is 35.4. The van der Waals surface area contributed by atoms with E-state index in [0.717, 1.165) is 12.2 Å². The van der Waals surface area contributed by atoms with Crippen LogP contribution in [0.25, 0.3) is 0 Å². The van der Waals surface area contributed by atoms with Crippen LogP contribution in [0.3, 0.4) is 0 Å². The lowest BCUT2D eigenvalue weighted by molar-refractivity contribution is 0.0951. The van der Waals surface area contributed by atoms with Gasteiger partial charge in [-0.05, 0) is 39.6 Å². The van der Waals surface area contributed by atoms with Crippen LogP contribution in [0.1, 0.15) is 34.6 Å². The van der Waals surface area contributed by atoms with Crippen LogP contribution in [0.5, 0.6) is 0 Å². The maximum atomic E-state index is 12.7. The van der Waals surface area contributed by atoms with Crippen molar-refractivity contribution in [3.8, 4) is 0 Å². The van der Waals surface area contributed by atoms with E-state index in [1.165, 1.54) is 0 Å². The fourth-order valence-corrected chi connectivity index (χ4v) is 2.73. The fourth-order valence-electron chi connectivity index (χ4n) is 2.73. The molecule has 0 radical (unpaired) electrons. The summed E-state index contributed by atoms with van der Waals surface area (Å²) in [7, 11) is 3.91. The van der Waals surface area contributed by atoms with Gasteiger partial charge in [0.05, 0.1) is 5.69 Å². The summed E-state index contributed by atoms with van der Waals surface area (Å²) in [5.41, 5.74) is 1.42. The molecule has 2 aromatic heterocycles. The molecule has 25 heavy (non-hydrogen) atoms. The highest BCUT2D eigenvalue weighted by Gasteiger charge is 2.18. The van der Waals surface area contributed by atoms with Crippen molar-refractivity contribution in [1.82, 2.24) is 24.8 Å². The monoisotopic (exact) mass is 343 g/mol. The molecule has 0 aliphatic heterocycles. The van der Waals surface area contributed by atoms with Gasteiger partial charge in [0.15, 0.2) is 0 Å². The van der Waals surface area contributed by atoms with E-state index in [1.54, 1.807) is 36.3 Å². The van der Waals surface area contributed by atoms with Crippen LogP contribution in [0.15, 0.2) is 35.6 Å². The number of hydrogen-bond acceptors (Lipinski definition) is 5. The van der Waals surface area contributed by atoms with E-state index in [0.29, 0.717) is 18.5 Å². The quantitative estimate of drug-likeness (QED) is 0.812. The molecule has 0 saturated carbocycles. The number of aryl methyl sites for hydroxylation is 1. The second kappa shape index (κ2) is 8.53. The molecular weight excluding hydrogens is 318 g/mol. The molecule has 1 atom stereocenters. The lowest BCUT2D eigenvalue weighted by atomic mass is 10.1. The zero-order valence-electron chi connectivity index (χ0n) is 15.2. The Bertz CT molecular complexity index is 771. The highest BCUT2D eigenvalue weighted by molar-refractivity contribution is 5.95. The summed E-state index contributed by atoms with van der Waals surface area (Å²) in [5.74, 6) is -0.349. The van der Waals surface area contributed by atoms with Crippen molar-refractivity contribution in [3.05, 3.63) is 58.0 Å². The minimum Gasteiger partial charge on any atom is -0.351 e. The molecule has 1 unspecified atom stereocenters. The zero-order chi connectivity index (χ0) is 18.4. The predicted octanol–water partition coefficient (Wildman–Crippen LogP) is 1.04. The second-order valence-corrected chi connectivity index (χ2v) is 6.40. The normalized spacial score (nSPS) is 12.2. The van der Waals surface area contributed by atoms with Gasteiger partial charge in [0, 0.05) is 50.3 Å². The number of likely N-dealkylation sites (N-methyl/N-ethyl adjacent to an activating group) is 1. The van der Waals surface area contributed by atoms with Crippen LogP contribution < -0.4 is 10.9 Å². The molecular formula is C18H25N5O2. The lowest BCUT2D eigenvalue weighted by Gasteiger charge is -2.20. The molecule has 0 spiro atoms. The molecule has 7 nitrogen and oxygen atoms in total. The van der Waals surface area contributed by atoms with E-state index in [2.05, 4.69) is 15.3 Å². The molecule has 1 N–H and O–H groups in total. The number of carbonyl (C=O) groups is 1. The molecule has 2 rings (SSSR count). The number of carbonyl (C=O) groups excluding carboxylic acids is 1. The standard InChI is InChI=1S/C18H25N5O2/c1-13-6-10-23(14(2)12-22(3)4)18(25)16(13)17(24)21-7-5-15-11-19-8-9-20-15/h6,8-11,14H,5,7,12H2,1-4H3,(H,21,24). The molecule has 0 fully saturated rings. The van der Waals surface area contributed by atoms with Crippen molar-refractivity contribution in [2.75, 3.05) is 27.2 Å². The fraction of sp³-hybridized carbons (Fsp3) is 0.444. The number of nitrogens with one attached hydrogen (secondary N) is 1. The van der Waals surface area contributed by atoms with Crippen LogP contribution in [0.4, 0.5) is 0 Å². The summed E-state index contributed by atoms with van der Waals surface area (Å²) in [6.45, 7) is 4.86. The summed E-state index contributed by atoms with van der Waals surface area (Å²) in [6.07, 6.45) is 7.20. The van der Waals surface area contributed by atoms with E-state index in [9.17, 15) is 9.59 Å². The Morgan fingerprint density at radius 1 is 1.36 bits per heavy atom. The number of rotatable bonds is 7. The molecule has 0 aliphatic carbocycles. The molecule has 2 aromatic rings. The Kier molecular flexibility index (Phi) is 6.41. The number of pyridine rings is 1. The first-order chi connectivity index (χ1) is 11.9. The van der Waals surface area contributed by atoms with Gasteiger partial charge in [-0.25, -0.2) is 0 Å². The third kappa shape index (κ3) is 4.96. The van der Waals surface area contributed by atoms with Crippen molar-refractivity contribution in [2.24, 2.45) is 0 Å². The molecule has 7 heteroatoms. The van der Waals surface area contributed by atoms with Crippen molar-refractivity contribution in [3.63, 3.8) is 0 Å². The Hall–Kier alpha value is -2.54. The van der Waals surface area contributed by atoms with Crippen molar-refractivity contribution in [1.29, 1.82) is 0 Å². The van der Waals surface area contributed by atoms with Gasteiger partial charge < -0.3 is 14.8 Å². The number of nitrogens with zero attached hydrogens (tertiary/aromatic N) is 4. The Morgan fingerprint density at radius 2 is 2.12 bits per heavy atom. The van der Waals surface area contributed by atoms with E-state index in [4.69, 9.17) is 0 Å². The topological polar surface area (TPSA) is 80.1 Å². The Labute approximate surface area is 147 Å². The smallest absolute Gasteiger partial charge is 0.263 e. The van der Waals surface area contributed by atoms with E-state index in [1.807, 2.05) is 32.0 Å². The molecule has 0 aliphatic rings. The van der Waals surface area contributed by atoms with Crippen LogP contribution in [-0.2, 0) is 6.42 Å². The second-order valence-electron chi connectivity index (χ2n) is 6.40. The molecule has 0 bridgehead atoms. The maximum absolute atomic E-state index is 12.7. The molecule has 1 amide bonds. The van der Waals surface area contributed by atoms with Crippen molar-refractivity contribution >= 4 is 5.91 Å². The Balaban J connectivity index is 2.11. The van der Waals surface area contributed by atoms with Gasteiger partial charge in [0.1, 0.15) is 5.56 Å². The van der Waals surface area contributed by atoms with E-state index < -0.39 is 0 Å². The molecule has 0 saturated heterocycles. The van der Waals surface area contributed by atoms with Gasteiger partial charge >= 0.3 is 0 Å². The predicted molar refractivity (Wildman–Crippen MR) is 96.8 cm³/mol. The first-order valence-corrected chi connectivity index (χ1v) is 8.29. The highest BCUT2D eigenvalue weighted by atomic mass is 16.2. The van der Waals surface area contributed by atoms with Crippen LogP contribution in [0.2, 0.25) is 0 Å². The van der Waals surface area contributed by atoms with Gasteiger partial charge in [-0.3, -0.25) is 19.6 Å². The van der Waals surface area contributed by atoms with Gasteiger partial charge in [-0.1, -0.05) is 0 Å². The van der Waals surface area contributed by atoms with Crippen LogP contribution in [0, 0.1) is 6.92 Å². The Morgan fingerprint density at radius 3 is 2.76 bits per heavy atom. The number of amides is 1. The van der Waals surface area contributed by atoms with Crippen LogP contribution >= 0.6 is 0 Å². The minimum absolute atomic E-state index is 0.0192. The number of hydrogen-bond donors (Lipinski definition) is 1. The van der Waals surface area contributed by atoms with E-state index in [-0.39, 0.29) is 23.1 Å². The minimum atomic E-state index is -0.349. The average Bonchev–Trinajstić information content (AvgIpc) is 2.55. The first kappa shape index (κ1) is 18.8. The SMILES string of the molecule is Cc1ccn(C(C)CN(C)C)c(=O)c1C(=O)NCCc1cnccn1. The zero-order valence-corrected chi connectivity index (χ0v) is 15.2. The van der Waals surface area contributed by atoms with Crippen molar-refractivity contribution < 1.29 is 4.79 Å². The molecule has 134 valence electrons. The molecule has 0 aromatic carbocycles. The maximum Gasteiger partial charge on any atom is 0.263 e. The lowest BCUT2D eigenvalue weighted by Crippen LogP contribution is -2.37.